The summed E-state index contributed by atoms with van der Waals surface area (Å²) in [6.07, 6.45) is -4.45. The molecule has 0 radical (unpaired) electrons. The molecule has 0 aliphatic carbocycles. The van der Waals surface area contributed by atoms with Gasteiger partial charge >= 0.3 is 6.18 Å². The third kappa shape index (κ3) is 4.20. The summed E-state index contributed by atoms with van der Waals surface area (Å²) < 4.78 is 38.6. The molecule has 0 unspecified atom stereocenters. The molecule has 26 heavy (non-hydrogen) atoms. The van der Waals surface area contributed by atoms with Crippen LogP contribution in [0.15, 0.2) is 24.3 Å². The smallest absolute Gasteiger partial charge is 0.336 e. The van der Waals surface area contributed by atoms with Crippen LogP contribution in [-0.2, 0) is 11.0 Å². The van der Waals surface area contributed by atoms with E-state index < -0.39 is 17.8 Å². The van der Waals surface area contributed by atoms with E-state index in [9.17, 15) is 18.0 Å². The van der Waals surface area contributed by atoms with Gasteiger partial charge in [0.2, 0.25) is 11.7 Å². The molecule has 0 saturated heterocycles. The van der Waals surface area contributed by atoms with Gasteiger partial charge in [0.25, 0.3) is 0 Å². The van der Waals surface area contributed by atoms with Crippen LogP contribution >= 0.6 is 0 Å². The number of hydrogen-bond donors (Lipinski definition) is 0. The lowest BCUT2D eigenvalue weighted by atomic mass is 10.1. The Hall–Kier alpha value is -2.45. The van der Waals surface area contributed by atoms with Crippen LogP contribution in [0, 0.1) is 0 Å². The fraction of sp³-hybridized carbons (Fsp3) is 0.529. The molecule has 142 valence electrons. The van der Waals surface area contributed by atoms with Crippen molar-refractivity contribution in [3.8, 4) is 11.4 Å². The lowest BCUT2D eigenvalue weighted by Gasteiger charge is -2.32. The van der Waals surface area contributed by atoms with Crippen LogP contribution in [0.3, 0.4) is 0 Å². The van der Waals surface area contributed by atoms with Gasteiger partial charge in [0, 0.05) is 17.6 Å². The fourth-order valence-electron chi connectivity index (χ4n) is 2.76. The van der Waals surface area contributed by atoms with Crippen LogP contribution < -0.4 is 0 Å². The van der Waals surface area contributed by atoms with E-state index in [1.165, 1.54) is 12.1 Å². The molecule has 0 bridgehead atoms. The number of hydrogen-bond acceptors (Lipinski definition) is 4. The van der Waals surface area contributed by atoms with E-state index in [2.05, 4.69) is 15.4 Å². The number of benzene rings is 1. The number of carbonyl (C=O) groups excluding carboxylic acids is 1. The van der Waals surface area contributed by atoms with Crippen LogP contribution in [0.4, 0.5) is 13.2 Å². The zero-order valence-corrected chi connectivity index (χ0v) is 15.3. The molecule has 2 rings (SSSR count). The summed E-state index contributed by atoms with van der Waals surface area (Å²) in [7, 11) is 0. The van der Waals surface area contributed by atoms with Crippen molar-refractivity contribution < 1.29 is 18.0 Å². The Bertz CT molecular complexity index is 762. The summed E-state index contributed by atoms with van der Waals surface area (Å²) in [4.78, 5) is 15.5. The lowest BCUT2D eigenvalue weighted by molar-refractivity contribution is -0.139. The molecule has 1 atom stereocenters. The zero-order valence-electron chi connectivity index (χ0n) is 15.3. The number of carbonyl (C=O) groups is 1. The molecule has 0 saturated carbocycles. The minimum Gasteiger partial charge on any atom is -0.336 e. The number of tetrazole rings is 1. The fourth-order valence-corrected chi connectivity index (χ4v) is 2.76. The SMILES string of the molecule is CC(C)N(C(=O)[C@@H](C)n1nnc(-c2cccc(C(F)(F)F)c2)n1)C(C)C. The van der Waals surface area contributed by atoms with Crippen molar-refractivity contribution in [1.29, 1.82) is 0 Å². The van der Waals surface area contributed by atoms with Crippen LogP contribution in [-0.4, -0.2) is 43.1 Å². The van der Waals surface area contributed by atoms with Gasteiger partial charge in [-0.15, -0.1) is 10.2 Å². The van der Waals surface area contributed by atoms with Crippen molar-refractivity contribution in [2.75, 3.05) is 0 Å². The number of alkyl halides is 3. The Kier molecular flexibility index (Phi) is 5.68. The van der Waals surface area contributed by atoms with E-state index in [1.807, 2.05) is 27.7 Å². The second-order valence-electron chi connectivity index (χ2n) is 6.62. The predicted molar refractivity (Wildman–Crippen MR) is 90.1 cm³/mol. The molecule has 1 heterocycles. The van der Waals surface area contributed by atoms with Crippen molar-refractivity contribution in [2.45, 2.75) is 58.9 Å². The molecule has 1 aromatic carbocycles. The van der Waals surface area contributed by atoms with Crippen molar-refractivity contribution in [3.05, 3.63) is 29.8 Å². The summed E-state index contributed by atoms with van der Waals surface area (Å²) in [5, 5.41) is 11.8. The largest absolute Gasteiger partial charge is 0.416 e. The van der Waals surface area contributed by atoms with Gasteiger partial charge in [0.15, 0.2) is 0 Å². The molecule has 9 heteroatoms. The van der Waals surface area contributed by atoms with Crippen molar-refractivity contribution >= 4 is 5.91 Å². The maximum Gasteiger partial charge on any atom is 0.416 e. The standard InChI is InChI=1S/C17H22F3N5O/c1-10(2)24(11(3)4)16(26)12(5)25-22-15(21-23-25)13-7-6-8-14(9-13)17(18,19)20/h6-12H,1-5H3/t12-/m1/s1. The maximum atomic E-state index is 12.9. The van der Waals surface area contributed by atoms with Gasteiger partial charge in [0.1, 0.15) is 6.04 Å². The van der Waals surface area contributed by atoms with Gasteiger partial charge in [-0.05, 0) is 52.0 Å². The molecule has 0 spiro atoms. The summed E-state index contributed by atoms with van der Waals surface area (Å²) in [5.74, 6) is -0.139. The molecule has 1 aromatic heterocycles. The third-order valence-electron chi connectivity index (χ3n) is 3.95. The van der Waals surface area contributed by atoms with E-state index in [1.54, 1.807) is 11.8 Å². The predicted octanol–water partition coefficient (Wildman–Crippen LogP) is 3.57. The molecule has 2 aromatic rings. The molecule has 0 aliphatic heterocycles. The Morgan fingerprint density at radius 3 is 2.27 bits per heavy atom. The summed E-state index contributed by atoms with van der Waals surface area (Å²) in [5.41, 5.74) is -0.600. The number of rotatable bonds is 5. The van der Waals surface area contributed by atoms with Crippen LogP contribution in [0.25, 0.3) is 11.4 Å². The first-order chi connectivity index (χ1) is 12.0. The Morgan fingerprint density at radius 2 is 1.73 bits per heavy atom. The average molecular weight is 369 g/mol. The minimum atomic E-state index is -4.45. The highest BCUT2D eigenvalue weighted by atomic mass is 19.4. The van der Waals surface area contributed by atoms with E-state index in [-0.39, 0.29) is 29.4 Å². The zero-order chi connectivity index (χ0) is 19.6. The van der Waals surface area contributed by atoms with E-state index >= 15 is 0 Å². The minimum absolute atomic E-state index is 0.00333. The second-order valence-corrected chi connectivity index (χ2v) is 6.62. The van der Waals surface area contributed by atoms with Gasteiger partial charge in [-0.1, -0.05) is 12.1 Å². The molecular weight excluding hydrogens is 347 g/mol. The summed E-state index contributed by atoms with van der Waals surface area (Å²) >= 11 is 0. The van der Waals surface area contributed by atoms with Crippen molar-refractivity contribution in [1.82, 2.24) is 25.1 Å². The van der Waals surface area contributed by atoms with Crippen LogP contribution in [0.5, 0.6) is 0 Å². The summed E-state index contributed by atoms with van der Waals surface area (Å²) in [6, 6.07) is 3.97. The van der Waals surface area contributed by atoms with E-state index in [0.717, 1.165) is 16.9 Å². The highest BCUT2D eigenvalue weighted by molar-refractivity contribution is 5.80. The maximum absolute atomic E-state index is 12.9. The molecule has 0 aliphatic rings. The van der Waals surface area contributed by atoms with E-state index in [0.29, 0.717) is 0 Å². The van der Waals surface area contributed by atoms with Crippen LogP contribution in [0.2, 0.25) is 0 Å². The Morgan fingerprint density at radius 1 is 1.12 bits per heavy atom. The molecule has 6 nitrogen and oxygen atoms in total. The molecule has 0 fully saturated rings. The Balaban J connectivity index is 2.28. The first-order valence-corrected chi connectivity index (χ1v) is 8.31. The first-order valence-electron chi connectivity index (χ1n) is 8.31. The third-order valence-corrected chi connectivity index (χ3v) is 3.95. The van der Waals surface area contributed by atoms with E-state index in [4.69, 9.17) is 0 Å². The lowest BCUT2D eigenvalue weighted by Crippen LogP contribution is -2.45. The Labute approximate surface area is 150 Å². The molecule has 1 amide bonds. The van der Waals surface area contributed by atoms with Gasteiger partial charge < -0.3 is 4.90 Å². The van der Waals surface area contributed by atoms with Crippen LogP contribution in [0.1, 0.15) is 46.2 Å². The second kappa shape index (κ2) is 7.43. The van der Waals surface area contributed by atoms with Crippen molar-refractivity contribution in [2.24, 2.45) is 0 Å². The average Bonchev–Trinajstić information content (AvgIpc) is 3.02. The monoisotopic (exact) mass is 369 g/mol. The van der Waals surface area contributed by atoms with Gasteiger partial charge in [-0.2, -0.15) is 18.0 Å². The van der Waals surface area contributed by atoms with Gasteiger partial charge in [-0.25, -0.2) is 0 Å². The number of halogens is 3. The number of amides is 1. The molecule has 0 N–H and O–H groups in total. The quantitative estimate of drug-likeness (QED) is 0.808. The normalized spacial score (nSPS) is 13.3. The summed E-state index contributed by atoms with van der Waals surface area (Å²) in [6.45, 7) is 9.28. The number of aromatic nitrogens is 4. The topological polar surface area (TPSA) is 63.9 Å². The first kappa shape index (κ1) is 19.9. The number of nitrogens with zero attached hydrogens (tertiary/aromatic N) is 5. The van der Waals surface area contributed by atoms with Gasteiger partial charge in [-0.3, -0.25) is 4.79 Å². The highest BCUT2D eigenvalue weighted by Gasteiger charge is 2.31. The molecular formula is C17H22F3N5O. The van der Waals surface area contributed by atoms with Gasteiger partial charge in [0.05, 0.1) is 5.56 Å². The van der Waals surface area contributed by atoms with Crippen molar-refractivity contribution in [3.63, 3.8) is 0 Å². The highest BCUT2D eigenvalue weighted by Crippen LogP contribution is 2.31.